The molecule has 2 aromatic carbocycles. The van der Waals surface area contributed by atoms with Gasteiger partial charge in [-0.25, -0.2) is 4.79 Å². The molecular weight excluding hydrogens is 412 g/mol. The van der Waals surface area contributed by atoms with Crippen LogP contribution in [0.2, 0.25) is 0 Å². The smallest absolute Gasteiger partial charge is 0.345 e. The first kappa shape index (κ1) is 21.7. The van der Waals surface area contributed by atoms with Crippen LogP contribution in [0, 0.1) is 17.8 Å². The molecule has 2 heterocycles. The molecule has 3 aromatic rings. The van der Waals surface area contributed by atoms with E-state index in [0.717, 1.165) is 30.2 Å². The van der Waals surface area contributed by atoms with E-state index in [4.69, 9.17) is 4.74 Å². The molecular formula is C28H32N2O3. The molecule has 1 N–H and O–H groups in total. The summed E-state index contributed by atoms with van der Waals surface area (Å²) in [5.74, 6) is 0.465. The van der Waals surface area contributed by atoms with Gasteiger partial charge in [-0.15, -0.1) is 0 Å². The predicted molar refractivity (Wildman–Crippen MR) is 130 cm³/mol. The van der Waals surface area contributed by atoms with Crippen molar-refractivity contribution < 1.29 is 14.3 Å². The lowest BCUT2D eigenvalue weighted by Crippen LogP contribution is -2.50. The third-order valence-electron chi connectivity index (χ3n) is 7.66. The van der Waals surface area contributed by atoms with E-state index in [2.05, 4.69) is 26.1 Å². The first-order valence-corrected chi connectivity index (χ1v) is 12.0. The molecule has 0 saturated heterocycles. The molecule has 0 bridgehead atoms. The van der Waals surface area contributed by atoms with Crippen molar-refractivity contribution in [3.05, 3.63) is 65.9 Å². The van der Waals surface area contributed by atoms with E-state index in [9.17, 15) is 9.59 Å². The molecule has 172 valence electrons. The Morgan fingerprint density at radius 2 is 1.85 bits per heavy atom. The summed E-state index contributed by atoms with van der Waals surface area (Å²) in [5, 5.41) is 4.20. The van der Waals surface area contributed by atoms with Gasteiger partial charge in [0.1, 0.15) is 6.10 Å². The molecule has 1 saturated carbocycles. The second-order valence-electron chi connectivity index (χ2n) is 10.2. The van der Waals surface area contributed by atoms with Crippen LogP contribution in [0.5, 0.6) is 0 Å². The number of nitrogens with one attached hydrogen (secondary N) is 1. The molecule has 4 atom stereocenters. The van der Waals surface area contributed by atoms with Crippen molar-refractivity contribution in [2.45, 2.75) is 51.7 Å². The minimum absolute atomic E-state index is 0.189. The van der Waals surface area contributed by atoms with Crippen LogP contribution in [0.1, 0.15) is 56.0 Å². The van der Waals surface area contributed by atoms with Crippen LogP contribution in [0.15, 0.2) is 54.7 Å². The summed E-state index contributed by atoms with van der Waals surface area (Å²) in [6, 6.07) is 15.2. The van der Waals surface area contributed by atoms with E-state index in [-0.39, 0.29) is 11.9 Å². The number of ketones is 1. The van der Waals surface area contributed by atoms with Gasteiger partial charge in [-0.1, -0.05) is 57.5 Å². The van der Waals surface area contributed by atoms with Crippen molar-refractivity contribution in [3.63, 3.8) is 0 Å². The second kappa shape index (κ2) is 8.05. The summed E-state index contributed by atoms with van der Waals surface area (Å²) in [7, 11) is 1.94. The molecule has 33 heavy (non-hydrogen) atoms. The van der Waals surface area contributed by atoms with Gasteiger partial charge >= 0.3 is 5.97 Å². The van der Waals surface area contributed by atoms with E-state index in [1.807, 2.05) is 60.3 Å². The van der Waals surface area contributed by atoms with Crippen molar-refractivity contribution >= 4 is 28.3 Å². The molecule has 5 nitrogen and oxygen atoms in total. The summed E-state index contributed by atoms with van der Waals surface area (Å²) < 4.78 is 8.28. The number of ether oxygens (including phenoxy) is 1. The van der Waals surface area contributed by atoms with Crippen molar-refractivity contribution in [1.29, 1.82) is 0 Å². The lowest BCUT2D eigenvalue weighted by Gasteiger charge is -2.38. The zero-order valence-corrected chi connectivity index (χ0v) is 19.8. The highest BCUT2D eigenvalue weighted by atomic mass is 16.5. The van der Waals surface area contributed by atoms with Gasteiger partial charge in [-0.2, -0.15) is 0 Å². The zero-order chi connectivity index (χ0) is 23.3. The summed E-state index contributed by atoms with van der Waals surface area (Å²) in [5.41, 5.74) is 1.23. The van der Waals surface area contributed by atoms with Crippen LogP contribution < -0.4 is 5.32 Å². The number of fused-ring (bicyclic) bond motifs is 2. The quantitative estimate of drug-likeness (QED) is 0.415. The maximum Gasteiger partial charge on any atom is 0.345 e. The maximum atomic E-state index is 14.1. The number of benzene rings is 2. The Kier molecular flexibility index (Phi) is 5.31. The number of carbonyl (C=O) groups is 2. The van der Waals surface area contributed by atoms with Gasteiger partial charge in [-0.05, 0) is 48.8 Å². The van der Waals surface area contributed by atoms with Crippen molar-refractivity contribution in [2.75, 3.05) is 5.32 Å². The van der Waals surface area contributed by atoms with Crippen LogP contribution in [-0.2, 0) is 22.1 Å². The fraction of sp³-hybridized carbons (Fsp3) is 0.429. The highest BCUT2D eigenvalue weighted by Gasteiger charge is 2.56. The van der Waals surface area contributed by atoms with Gasteiger partial charge in [0.2, 0.25) is 11.3 Å². The third kappa shape index (κ3) is 3.36. The standard InChI is InChI=1S/C28H32N2O3/c1-17(2)19-14-13-18(3)15-25(19)33-27(32)28(26(31)21-10-5-7-11-23(21)29-28)22-16-30(4)24-12-8-6-9-20(22)24/h5-12,16-19,25,29H,13-15H2,1-4H3/t18-,19+,25-,28-/m1/s1. The Bertz CT molecular complexity index is 1230. The Morgan fingerprint density at radius 1 is 1.12 bits per heavy atom. The average Bonchev–Trinajstić information content (AvgIpc) is 3.29. The van der Waals surface area contributed by atoms with E-state index >= 15 is 0 Å². The summed E-state index contributed by atoms with van der Waals surface area (Å²) in [6.07, 6.45) is 4.73. The third-order valence-corrected chi connectivity index (χ3v) is 7.66. The van der Waals surface area contributed by atoms with Crippen molar-refractivity contribution in [3.8, 4) is 0 Å². The van der Waals surface area contributed by atoms with Gasteiger partial charge in [-0.3, -0.25) is 4.79 Å². The molecule has 0 radical (unpaired) electrons. The Morgan fingerprint density at radius 3 is 2.61 bits per heavy atom. The van der Waals surface area contributed by atoms with E-state index in [0.29, 0.717) is 34.6 Å². The lowest BCUT2D eigenvalue weighted by molar-refractivity contribution is -0.159. The van der Waals surface area contributed by atoms with E-state index < -0.39 is 11.5 Å². The summed E-state index contributed by atoms with van der Waals surface area (Å²) >= 11 is 0. The number of rotatable bonds is 4. The SMILES string of the molecule is CC(C)[C@@H]1CC[C@@H](C)C[C@H]1OC(=O)[C@]1(c2cn(C)c3ccccc23)Nc2ccccc2C1=O. The van der Waals surface area contributed by atoms with Crippen LogP contribution >= 0.6 is 0 Å². The summed E-state index contributed by atoms with van der Waals surface area (Å²) in [4.78, 5) is 28.1. The van der Waals surface area contributed by atoms with E-state index in [1.165, 1.54) is 0 Å². The first-order chi connectivity index (χ1) is 15.8. The fourth-order valence-electron chi connectivity index (χ4n) is 5.81. The minimum Gasteiger partial charge on any atom is -0.460 e. The largest absolute Gasteiger partial charge is 0.460 e. The van der Waals surface area contributed by atoms with Crippen LogP contribution in [0.4, 0.5) is 5.69 Å². The number of anilines is 1. The molecule has 0 unspecified atom stereocenters. The molecule has 2 aliphatic rings. The number of para-hydroxylation sites is 2. The minimum atomic E-state index is -1.59. The molecule has 5 rings (SSSR count). The molecule has 1 aliphatic heterocycles. The molecule has 1 aliphatic carbocycles. The highest BCUT2D eigenvalue weighted by molar-refractivity contribution is 6.26. The number of nitrogens with zero attached hydrogens (tertiary/aromatic N) is 1. The predicted octanol–water partition coefficient (Wildman–Crippen LogP) is 5.69. The van der Waals surface area contributed by atoms with Gasteiger partial charge in [0.25, 0.3) is 0 Å². The molecule has 1 aromatic heterocycles. The molecule has 0 spiro atoms. The Hall–Kier alpha value is -3.08. The normalized spacial score (nSPS) is 26.9. The van der Waals surface area contributed by atoms with Crippen molar-refractivity contribution in [2.24, 2.45) is 24.8 Å². The average molecular weight is 445 g/mol. The Balaban J connectivity index is 1.63. The van der Waals surface area contributed by atoms with Crippen LogP contribution in [0.3, 0.4) is 0 Å². The first-order valence-electron chi connectivity index (χ1n) is 12.0. The molecule has 1 fully saturated rings. The topological polar surface area (TPSA) is 60.3 Å². The molecule has 0 amide bonds. The van der Waals surface area contributed by atoms with Gasteiger partial charge in [0.15, 0.2) is 0 Å². The van der Waals surface area contributed by atoms with Gasteiger partial charge in [0, 0.05) is 41.0 Å². The fourth-order valence-corrected chi connectivity index (χ4v) is 5.81. The number of hydrogen-bond acceptors (Lipinski definition) is 4. The number of Topliss-reactive ketones (excluding diaryl/α,β-unsaturated/α-hetero) is 1. The number of aromatic nitrogens is 1. The maximum absolute atomic E-state index is 14.1. The monoisotopic (exact) mass is 444 g/mol. The number of hydrogen-bond donors (Lipinski definition) is 1. The van der Waals surface area contributed by atoms with Crippen LogP contribution in [-0.4, -0.2) is 22.4 Å². The Labute approximate surface area is 195 Å². The highest BCUT2D eigenvalue weighted by Crippen LogP contribution is 2.44. The number of esters is 1. The zero-order valence-electron chi connectivity index (χ0n) is 19.8. The number of aryl methyl sites for hydroxylation is 1. The summed E-state index contributed by atoms with van der Waals surface area (Å²) in [6.45, 7) is 6.60. The number of carbonyl (C=O) groups excluding carboxylic acids is 2. The van der Waals surface area contributed by atoms with Crippen LogP contribution in [0.25, 0.3) is 10.9 Å². The van der Waals surface area contributed by atoms with Gasteiger partial charge in [0.05, 0.1) is 0 Å². The van der Waals surface area contributed by atoms with Crippen molar-refractivity contribution in [1.82, 2.24) is 4.57 Å². The molecule has 5 heteroatoms. The second-order valence-corrected chi connectivity index (χ2v) is 10.2. The lowest BCUT2D eigenvalue weighted by atomic mass is 9.75. The van der Waals surface area contributed by atoms with Gasteiger partial charge < -0.3 is 14.6 Å². The van der Waals surface area contributed by atoms with E-state index in [1.54, 1.807) is 6.07 Å².